The summed E-state index contributed by atoms with van der Waals surface area (Å²) in [6.07, 6.45) is -6.89. The topological polar surface area (TPSA) is 20.2 Å². The lowest BCUT2D eigenvalue weighted by Crippen LogP contribution is -2.19. The van der Waals surface area contributed by atoms with Gasteiger partial charge in [-0.2, -0.15) is 24.5 Å². The number of aliphatic hydroxyl groups is 1. The SMILES string of the molecule is OC(c1ccsc1)C(F)(F)F. The Bertz CT molecular complexity index is 216. The first kappa shape index (κ1) is 8.55. The molecule has 0 bridgehead atoms. The third kappa shape index (κ3) is 1.94. The van der Waals surface area contributed by atoms with E-state index in [-0.39, 0.29) is 5.56 Å². The molecule has 1 aromatic rings. The molecule has 0 fully saturated rings. The predicted octanol–water partition coefficient (Wildman–Crippen LogP) is 2.34. The van der Waals surface area contributed by atoms with Crippen LogP contribution in [0.15, 0.2) is 16.8 Å². The summed E-state index contributed by atoms with van der Waals surface area (Å²) >= 11 is 1.12. The number of hydrogen-bond donors (Lipinski definition) is 1. The molecular formula is C6H5F3OS. The Balaban J connectivity index is 2.78. The van der Waals surface area contributed by atoms with Crippen LogP contribution in [0, 0.1) is 0 Å². The van der Waals surface area contributed by atoms with Crippen molar-refractivity contribution in [2.45, 2.75) is 12.3 Å². The summed E-state index contributed by atoms with van der Waals surface area (Å²) in [7, 11) is 0. The van der Waals surface area contributed by atoms with Gasteiger partial charge < -0.3 is 5.11 Å². The minimum atomic E-state index is -4.55. The summed E-state index contributed by atoms with van der Waals surface area (Å²) in [5.74, 6) is 0. The van der Waals surface area contributed by atoms with Gasteiger partial charge in [-0.25, -0.2) is 0 Å². The van der Waals surface area contributed by atoms with Gasteiger partial charge in [-0.15, -0.1) is 0 Å². The lowest BCUT2D eigenvalue weighted by Gasteiger charge is -2.12. The first-order valence-corrected chi connectivity index (χ1v) is 3.73. The highest BCUT2D eigenvalue weighted by Gasteiger charge is 2.39. The van der Waals surface area contributed by atoms with Crippen molar-refractivity contribution >= 4 is 11.3 Å². The van der Waals surface area contributed by atoms with Gasteiger partial charge >= 0.3 is 6.18 Å². The van der Waals surface area contributed by atoms with E-state index >= 15 is 0 Å². The van der Waals surface area contributed by atoms with Gasteiger partial charge in [0.15, 0.2) is 6.10 Å². The van der Waals surface area contributed by atoms with Crippen LogP contribution in [0.25, 0.3) is 0 Å². The highest BCUT2D eigenvalue weighted by molar-refractivity contribution is 7.07. The first-order valence-electron chi connectivity index (χ1n) is 2.78. The summed E-state index contributed by atoms with van der Waals surface area (Å²) in [5, 5.41) is 11.4. The van der Waals surface area contributed by atoms with Gasteiger partial charge in [-0.1, -0.05) is 0 Å². The minimum Gasteiger partial charge on any atom is -0.379 e. The van der Waals surface area contributed by atoms with Crippen LogP contribution < -0.4 is 0 Å². The number of alkyl halides is 3. The van der Waals surface area contributed by atoms with Gasteiger partial charge in [0.25, 0.3) is 0 Å². The van der Waals surface area contributed by atoms with E-state index in [0.717, 1.165) is 11.3 Å². The molecule has 11 heavy (non-hydrogen) atoms. The molecule has 1 nitrogen and oxygen atoms in total. The van der Waals surface area contributed by atoms with Gasteiger partial charge in [-0.3, -0.25) is 0 Å². The van der Waals surface area contributed by atoms with Crippen LogP contribution in [-0.2, 0) is 0 Å². The zero-order chi connectivity index (χ0) is 8.48. The molecule has 0 saturated carbocycles. The molecule has 1 heterocycles. The van der Waals surface area contributed by atoms with Crippen LogP contribution in [0.3, 0.4) is 0 Å². The third-order valence-corrected chi connectivity index (χ3v) is 1.87. The van der Waals surface area contributed by atoms with Crippen LogP contribution in [0.4, 0.5) is 13.2 Å². The van der Waals surface area contributed by atoms with Crippen LogP contribution in [-0.4, -0.2) is 11.3 Å². The normalized spacial score (nSPS) is 14.9. The fraction of sp³-hybridized carbons (Fsp3) is 0.333. The molecule has 1 atom stereocenters. The number of hydrogen-bond acceptors (Lipinski definition) is 2. The zero-order valence-corrected chi connectivity index (χ0v) is 6.12. The fourth-order valence-electron chi connectivity index (χ4n) is 0.620. The molecule has 62 valence electrons. The molecule has 0 aromatic carbocycles. The first-order chi connectivity index (χ1) is 5.02. The zero-order valence-electron chi connectivity index (χ0n) is 5.30. The molecule has 1 rings (SSSR count). The summed E-state index contributed by atoms with van der Waals surface area (Å²) in [4.78, 5) is 0. The van der Waals surface area contributed by atoms with Crippen molar-refractivity contribution in [3.05, 3.63) is 22.4 Å². The second-order valence-corrected chi connectivity index (χ2v) is 2.78. The van der Waals surface area contributed by atoms with E-state index < -0.39 is 12.3 Å². The lowest BCUT2D eigenvalue weighted by atomic mass is 10.2. The molecule has 1 unspecified atom stereocenters. The van der Waals surface area contributed by atoms with Crippen molar-refractivity contribution in [3.8, 4) is 0 Å². The minimum absolute atomic E-state index is 0.0949. The second kappa shape index (κ2) is 2.83. The summed E-state index contributed by atoms with van der Waals surface area (Å²) < 4.78 is 35.3. The van der Waals surface area contributed by atoms with Gasteiger partial charge in [0.2, 0.25) is 0 Å². The summed E-state index contributed by atoms with van der Waals surface area (Å²) in [6.45, 7) is 0. The maximum Gasteiger partial charge on any atom is 0.418 e. The number of rotatable bonds is 1. The quantitative estimate of drug-likeness (QED) is 0.706. The summed E-state index contributed by atoms with van der Waals surface area (Å²) in [5.41, 5.74) is -0.0949. The standard InChI is InChI=1S/C6H5F3OS/c7-6(8,9)5(10)4-1-2-11-3-4/h1-3,5,10H. The van der Waals surface area contributed by atoms with Crippen molar-refractivity contribution in [1.29, 1.82) is 0 Å². The molecule has 0 saturated heterocycles. The Labute approximate surface area is 65.1 Å². The average molecular weight is 182 g/mol. The van der Waals surface area contributed by atoms with Gasteiger partial charge in [0.05, 0.1) is 0 Å². The summed E-state index contributed by atoms with van der Waals surface area (Å²) in [6, 6.07) is 1.25. The predicted molar refractivity (Wildman–Crippen MR) is 35.3 cm³/mol. The Kier molecular flexibility index (Phi) is 2.20. The maximum absolute atomic E-state index is 11.8. The van der Waals surface area contributed by atoms with E-state index in [0.29, 0.717) is 0 Å². The van der Waals surface area contributed by atoms with Crippen molar-refractivity contribution in [3.63, 3.8) is 0 Å². The van der Waals surface area contributed by atoms with Crippen molar-refractivity contribution in [2.24, 2.45) is 0 Å². The molecule has 1 N–H and O–H groups in total. The van der Waals surface area contributed by atoms with Crippen molar-refractivity contribution in [1.82, 2.24) is 0 Å². The molecule has 5 heteroatoms. The van der Waals surface area contributed by atoms with E-state index in [1.807, 2.05) is 0 Å². The molecule has 0 spiro atoms. The van der Waals surface area contributed by atoms with Gasteiger partial charge in [-0.05, 0) is 16.8 Å². The van der Waals surface area contributed by atoms with Crippen molar-refractivity contribution in [2.75, 3.05) is 0 Å². The molecular weight excluding hydrogens is 177 g/mol. The Hall–Kier alpha value is -0.550. The molecule has 0 radical (unpaired) electrons. The van der Waals surface area contributed by atoms with E-state index in [9.17, 15) is 13.2 Å². The Morgan fingerprint density at radius 3 is 2.45 bits per heavy atom. The smallest absolute Gasteiger partial charge is 0.379 e. The van der Waals surface area contributed by atoms with Crippen molar-refractivity contribution < 1.29 is 18.3 Å². The molecule has 1 aromatic heterocycles. The Morgan fingerprint density at radius 2 is 2.09 bits per heavy atom. The molecule has 0 aliphatic heterocycles. The lowest BCUT2D eigenvalue weighted by molar-refractivity contribution is -0.206. The highest BCUT2D eigenvalue weighted by atomic mass is 32.1. The fourth-order valence-corrected chi connectivity index (χ4v) is 1.30. The number of thiophene rings is 1. The average Bonchev–Trinajstić information content (AvgIpc) is 2.34. The van der Waals surface area contributed by atoms with Crippen LogP contribution in [0.5, 0.6) is 0 Å². The maximum atomic E-state index is 11.8. The molecule has 0 aliphatic rings. The van der Waals surface area contributed by atoms with E-state index in [1.165, 1.54) is 16.8 Å². The monoisotopic (exact) mass is 182 g/mol. The van der Waals surface area contributed by atoms with E-state index in [2.05, 4.69) is 0 Å². The Morgan fingerprint density at radius 1 is 1.45 bits per heavy atom. The molecule has 0 aliphatic carbocycles. The number of aliphatic hydroxyl groups excluding tert-OH is 1. The third-order valence-electron chi connectivity index (χ3n) is 1.17. The van der Waals surface area contributed by atoms with E-state index in [1.54, 1.807) is 0 Å². The molecule has 0 amide bonds. The largest absolute Gasteiger partial charge is 0.418 e. The van der Waals surface area contributed by atoms with Crippen LogP contribution in [0.2, 0.25) is 0 Å². The number of halogens is 3. The van der Waals surface area contributed by atoms with Crippen LogP contribution in [0.1, 0.15) is 11.7 Å². The van der Waals surface area contributed by atoms with E-state index in [4.69, 9.17) is 5.11 Å². The van der Waals surface area contributed by atoms with Gasteiger partial charge in [0, 0.05) is 5.56 Å². The van der Waals surface area contributed by atoms with Crippen LogP contribution >= 0.6 is 11.3 Å². The van der Waals surface area contributed by atoms with Gasteiger partial charge in [0.1, 0.15) is 0 Å². The second-order valence-electron chi connectivity index (χ2n) is 2.00. The highest BCUT2D eigenvalue weighted by Crippen LogP contribution is 2.32.